The summed E-state index contributed by atoms with van der Waals surface area (Å²) in [6.07, 6.45) is 9.44. The van der Waals surface area contributed by atoms with Gasteiger partial charge in [0.05, 0.1) is 0 Å². The highest BCUT2D eigenvalue weighted by Gasteiger charge is 2.28. The smallest absolute Gasteiger partial charge is 0.0411 e. The van der Waals surface area contributed by atoms with E-state index in [0.717, 1.165) is 0 Å². The van der Waals surface area contributed by atoms with Gasteiger partial charge in [-0.1, -0.05) is 30.4 Å². The fourth-order valence-corrected chi connectivity index (χ4v) is 5.39. The highest BCUT2D eigenvalue weighted by atomic mass is 32.1. The van der Waals surface area contributed by atoms with E-state index in [1.54, 1.807) is 11.3 Å². The van der Waals surface area contributed by atoms with Gasteiger partial charge < -0.3 is 4.57 Å². The van der Waals surface area contributed by atoms with Gasteiger partial charge in [0.2, 0.25) is 0 Å². The van der Waals surface area contributed by atoms with Gasteiger partial charge >= 0.3 is 0 Å². The molecule has 2 aliphatic carbocycles. The molecule has 1 nitrogen and oxygen atoms in total. The zero-order valence-electron chi connectivity index (χ0n) is 12.1. The van der Waals surface area contributed by atoms with Crippen LogP contribution < -0.4 is 0 Å². The van der Waals surface area contributed by atoms with Crippen LogP contribution in [0.15, 0.2) is 30.3 Å². The number of hydrogen-bond donors (Lipinski definition) is 0. The number of rotatable bonds is 0. The van der Waals surface area contributed by atoms with Crippen molar-refractivity contribution < 1.29 is 0 Å². The maximum atomic E-state index is 2.47. The van der Waals surface area contributed by atoms with Crippen LogP contribution in [-0.2, 0) is 26.3 Å². The number of thiophene rings is 1. The number of allylic oxidation sites excluding steroid dienone is 1. The van der Waals surface area contributed by atoms with Crippen LogP contribution in [0.1, 0.15) is 28.9 Å². The van der Waals surface area contributed by atoms with Crippen molar-refractivity contribution in [2.24, 2.45) is 7.05 Å². The summed E-state index contributed by atoms with van der Waals surface area (Å²) in [5.41, 5.74) is 7.69. The van der Waals surface area contributed by atoms with Crippen LogP contribution in [0.2, 0.25) is 0 Å². The molecule has 5 rings (SSSR count). The zero-order chi connectivity index (χ0) is 14.0. The van der Waals surface area contributed by atoms with Crippen LogP contribution >= 0.6 is 11.3 Å². The standard InChI is InChI=1S/C19H17NS/c1-20-15-8-4-2-7-14(15)18-16(20)11-10-13-12-6-3-5-9-17(12)21-19(13)18/h2-3,5-7,9H,4,8,10-11H2,1H3. The summed E-state index contributed by atoms with van der Waals surface area (Å²) in [7, 11) is 2.26. The zero-order valence-corrected chi connectivity index (χ0v) is 13.0. The fourth-order valence-electron chi connectivity index (χ4n) is 4.05. The Morgan fingerprint density at radius 2 is 1.95 bits per heavy atom. The molecule has 0 atom stereocenters. The molecule has 104 valence electrons. The van der Waals surface area contributed by atoms with Gasteiger partial charge in [-0.05, 0) is 42.7 Å². The number of aromatic nitrogens is 1. The van der Waals surface area contributed by atoms with Crippen molar-refractivity contribution in [3.8, 4) is 10.4 Å². The molecule has 2 heterocycles. The van der Waals surface area contributed by atoms with E-state index in [4.69, 9.17) is 0 Å². The van der Waals surface area contributed by atoms with Crippen molar-refractivity contribution in [3.05, 3.63) is 52.9 Å². The molecule has 0 radical (unpaired) electrons. The first kappa shape index (κ1) is 11.8. The van der Waals surface area contributed by atoms with Gasteiger partial charge in [-0.25, -0.2) is 0 Å². The Morgan fingerprint density at radius 3 is 2.90 bits per heavy atom. The Bertz CT molecular complexity index is 907. The maximum absolute atomic E-state index is 2.47. The summed E-state index contributed by atoms with van der Waals surface area (Å²) in [5, 5.41) is 1.47. The normalized spacial score (nSPS) is 15.9. The summed E-state index contributed by atoms with van der Waals surface area (Å²) in [6, 6.07) is 8.89. The molecule has 0 spiro atoms. The molecule has 0 saturated heterocycles. The molecule has 0 fully saturated rings. The molecule has 0 N–H and O–H groups in total. The number of nitrogens with zero attached hydrogens (tertiary/aromatic N) is 1. The number of benzene rings is 1. The van der Waals surface area contributed by atoms with Gasteiger partial charge in [0, 0.05) is 39.1 Å². The van der Waals surface area contributed by atoms with Gasteiger partial charge in [-0.15, -0.1) is 11.3 Å². The van der Waals surface area contributed by atoms with E-state index in [-0.39, 0.29) is 0 Å². The van der Waals surface area contributed by atoms with E-state index in [9.17, 15) is 0 Å². The molecule has 1 aromatic carbocycles. The summed E-state index contributed by atoms with van der Waals surface area (Å²) in [6.45, 7) is 0. The van der Waals surface area contributed by atoms with Crippen LogP contribution in [0, 0.1) is 0 Å². The van der Waals surface area contributed by atoms with Gasteiger partial charge in [0.15, 0.2) is 0 Å². The first-order chi connectivity index (χ1) is 10.3. The van der Waals surface area contributed by atoms with Crippen molar-refractivity contribution >= 4 is 27.5 Å². The van der Waals surface area contributed by atoms with Gasteiger partial charge in [-0.3, -0.25) is 0 Å². The monoisotopic (exact) mass is 291 g/mol. The van der Waals surface area contributed by atoms with Crippen molar-refractivity contribution in [2.75, 3.05) is 0 Å². The molecular formula is C19H17NS. The second-order valence-corrected chi connectivity index (χ2v) is 7.14. The van der Waals surface area contributed by atoms with Gasteiger partial charge in [0.25, 0.3) is 0 Å². The molecule has 0 bridgehead atoms. The first-order valence-electron chi connectivity index (χ1n) is 7.72. The van der Waals surface area contributed by atoms with Gasteiger partial charge in [0.1, 0.15) is 0 Å². The maximum Gasteiger partial charge on any atom is 0.0411 e. The number of fused-ring (bicyclic) bond motifs is 7. The van der Waals surface area contributed by atoms with Crippen LogP contribution in [0.3, 0.4) is 0 Å². The SMILES string of the molecule is Cn1c2c(c3c1CCc1c-3sc3ccccc13)C=CCC2. The molecule has 3 aromatic rings. The Balaban J connectivity index is 1.89. The topological polar surface area (TPSA) is 4.93 Å². The summed E-state index contributed by atoms with van der Waals surface area (Å²) in [5.74, 6) is 0. The summed E-state index contributed by atoms with van der Waals surface area (Å²) >= 11 is 1.98. The third-order valence-corrected chi connectivity index (χ3v) is 6.28. The molecule has 2 aliphatic rings. The van der Waals surface area contributed by atoms with E-state index in [1.165, 1.54) is 57.5 Å². The Kier molecular flexibility index (Phi) is 2.31. The lowest BCUT2D eigenvalue weighted by Crippen LogP contribution is -2.06. The molecule has 0 unspecified atom stereocenters. The summed E-state index contributed by atoms with van der Waals surface area (Å²) in [4.78, 5) is 1.53. The van der Waals surface area contributed by atoms with E-state index in [0.29, 0.717) is 0 Å². The molecule has 2 aromatic heterocycles. The lowest BCUT2D eigenvalue weighted by molar-refractivity contribution is 0.742. The first-order valence-corrected chi connectivity index (χ1v) is 8.54. The molecule has 0 amide bonds. The van der Waals surface area contributed by atoms with E-state index in [1.807, 2.05) is 11.3 Å². The lowest BCUT2D eigenvalue weighted by atomic mass is 9.90. The third-order valence-electron chi connectivity index (χ3n) is 5.05. The second kappa shape index (κ2) is 4.11. The van der Waals surface area contributed by atoms with Crippen LogP contribution in [-0.4, -0.2) is 4.57 Å². The van der Waals surface area contributed by atoms with E-state index >= 15 is 0 Å². The third kappa shape index (κ3) is 1.46. The largest absolute Gasteiger partial charge is 0.350 e. The highest BCUT2D eigenvalue weighted by Crippen LogP contribution is 2.47. The van der Waals surface area contributed by atoms with Crippen molar-refractivity contribution in [2.45, 2.75) is 25.7 Å². The molecule has 21 heavy (non-hydrogen) atoms. The van der Waals surface area contributed by atoms with Crippen LogP contribution in [0.5, 0.6) is 0 Å². The predicted molar refractivity (Wildman–Crippen MR) is 91.0 cm³/mol. The average Bonchev–Trinajstić information content (AvgIpc) is 3.04. The van der Waals surface area contributed by atoms with Crippen molar-refractivity contribution in [1.82, 2.24) is 4.57 Å². The highest BCUT2D eigenvalue weighted by molar-refractivity contribution is 7.22. The molecule has 0 aliphatic heterocycles. The minimum atomic E-state index is 1.18. The minimum absolute atomic E-state index is 1.18. The Morgan fingerprint density at radius 1 is 1.05 bits per heavy atom. The van der Waals surface area contributed by atoms with Gasteiger partial charge in [-0.2, -0.15) is 0 Å². The molecular weight excluding hydrogens is 274 g/mol. The number of hydrogen-bond acceptors (Lipinski definition) is 1. The second-order valence-electron chi connectivity index (χ2n) is 6.09. The molecule has 2 heteroatoms. The predicted octanol–water partition coefficient (Wildman–Crippen LogP) is 4.96. The summed E-state index contributed by atoms with van der Waals surface area (Å²) < 4.78 is 3.91. The van der Waals surface area contributed by atoms with Crippen molar-refractivity contribution in [1.29, 1.82) is 0 Å². The number of aryl methyl sites for hydroxylation is 1. The Labute approximate surface area is 128 Å². The van der Waals surface area contributed by atoms with E-state index < -0.39 is 0 Å². The quantitative estimate of drug-likeness (QED) is 0.551. The van der Waals surface area contributed by atoms with E-state index in [2.05, 4.69) is 48.0 Å². The Hall–Kier alpha value is -1.80. The molecule has 0 saturated carbocycles. The average molecular weight is 291 g/mol. The van der Waals surface area contributed by atoms with Crippen LogP contribution in [0.25, 0.3) is 26.6 Å². The van der Waals surface area contributed by atoms with Crippen molar-refractivity contribution in [3.63, 3.8) is 0 Å². The van der Waals surface area contributed by atoms with Crippen LogP contribution in [0.4, 0.5) is 0 Å². The minimum Gasteiger partial charge on any atom is -0.350 e. The lowest BCUT2D eigenvalue weighted by Gasteiger charge is -2.15. The fraction of sp³-hybridized carbons (Fsp3) is 0.263.